The third kappa shape index (κ3) is 1.77. The highest BCUT2D eigenvalue weighted by molar-refractivity contribution is 7.71. The lowest BCUT2D eigenvalue weighted by molar-refractivity contribution is 0.721. The van der Waals surface area contributed by atoms with E-state index in [1.165, 1.54) is 0 Å². The summed E-state index contributed by atoms with van der Waals surface area (Å²) in [6.07, 6.45) is 3.28. The molecule has 0 aliphatic heterocycles. The van der Waals surface area contributed by atoms with Crippen LogP contribution in [0.5, 0.6) is 0 Å². The van der Waals surface area contributed by atoms with Crippen molar-refractivity contribution in [3.63, 3.8) is 0 Å². The van der Waals surface area contributed by atoms with Crippen LogP contribution in [-0.4, -0.2) is 26.1 Å². The maximum absolute atomic E-state index is 5.44. The lowest BCUT2D eigenvalue weighted by Crippen LogP contribution is -2.09. The van der Waals surface area contributed by atoms with Gasteiger partial charge in [0.1, 0.15) is 11.2 Å². The molecule has 2 aromatic heterocycles. The molecule has 2 rings (SSSR count). The molecule has 2 aromatic rings. The van der Waals surface area contributed by atoms with Crippen molar-refractivity contribution in [1.82, 2.24) is 19.5 Å². The fourth-order valence-electron chi connectivity index (χ4n) is 1.21. The fourth-order valence-corrected chi connectivity index (χ4v) is 1.41. The molecule has 0 spiro atoms. The lowest BCUT2D eigenvalue weighted by atomic mass is 10.5. The van der Waals surface area contributed by atoms with E-state index < -0.39 is 0 Å². The van der Waals surface area contributed by atoms with Gasteiger partial charge in [-0.25, -0.2) is 9.97 Å². The van der Waals surface area contributed by atoms with Gasteiger partial charge < -0.3 is 15.3 Å². The Hall–Kier alpha value is -0.980. The number of rotatable bonds is 2. The second-order valence-corrected chi connectivity index (χ2v) is 3.02. The zero-order valence-electron chi connectivity index (χ0n) is 7.30. The van der Waals surface area contributed by atoms with Crippen molar-refractivity contribution >= 4 is 35.8 Å². The first kappa shape index (κ1) is 11.1. The maximum Gasteiger partial charge on any atom is 0.157 e. The van der Waals surface area contributed by atoms with Gasteiger partial charge in [-0.3, -0.25) is 0 Å². The first-order valence-electron chi connectivity index (χ1n) is 3.91. The van der Waals surface area contributed by atoms with Crippen molar-refractivity contribution in [3.8, 4) is 0 Å². The van der Waals surface area contributed by atoms with Crippen LogP contribution in [0, 0.1) is 4.64 Å². The highest BCUT2D eigenvalue weighted by Gasteiger charge is 2.02. The highest BCUT2D eigenvalue weighted by atomic mass is 35.5. The Morgan fingerprint density at radius 1 is 1.50 bits per heavy atom. The van der Waals surface area contributed by atoms with Gasteiger partial charge in [0.05, 0.1) is 12.7 Å². The summed E-state index contributed by atoms with van der Waals surface area (Å²) in [6, 6.07) is 0. The number of halogens is 1. The van der Waals surface area contributed by atoms with Crippen LogP contribution in [-0.2, 0) is 6.54 Å². The molecule has 3 N–H and O–H groups in total. The average molecular weight is 232 g/mol. The Bertz CT molecular complexity index is 476. The number of imidazole rings is 1. The molecule has 0 radical (unpaired) electrons. The van der Waals surface area contributed by atoms with E-state index in [0.717, 1.165) is 17.7 Å². The van der Waals surface area contributed by atoms with Crippen molar-refractivity contribution in [1.29, 1.82) is 0 Å². The van der Waals surface area contributed by atoms with E-state index in [2.05, 4.69) is 15.0 Å². The van der Waals surface area contributed by atoms with Crippen LogP contribution < -0.4 is 5.73 Å². The zero-order valence-corrected chi connectivity index (χ0v) is 8.94. The Kier molecular flexibility index (Phi) is 3.56. The van der Waals surface area contributed by atoms with Crippen LogP contribution in [0.15, 0.2) is 12.7 Å². The number of hydrogen-bond acceptors (Lipinski definition) is 4. The molecule has 0 aliphatic carbocycles. The van der Waals surface area contributed by atoms with Gasteiger partial charge in [0.25, 0.3) is 0 Å². The topological polar surface area (TPSA) is 72.5 Å². The second kappa shape index (κ2) is 4.50. The van der Waals surface area contributed by atoms with Crippen molar-refractivity contribution in [2.24, 2.45) is 5.73 Å². The average Bonchev–Trinajstić information content (AvgIpc) is 2.51. The van der Waals surface area contributed by atoms with Crippen LogP contribution in [0.4, 0.5) is 0 Å². The summed E-state index contributed by atoms with van der Waals surface area (Å²) >= 11 is 5.01. The molecule has 0 saturated carbocycles. The van der Waals surface area contributed by atoms with E-state index in [0.29, 0.717) is 11.2 Å². The van der Waals surface area contributed by atoms with E-state index in [1.807, 2.05) is 4.57 Å². The summed E-state index contributed by atoms with van der Waals surface area (Å²) in [4.78, 5) is 11.1. The largest absolute Gasteiger partial charge is 0.331 e. The molecule has 14 heavy (non-hydrogen) atoms. The monoisotopic (exact) mass is 231 g/mol. The smallest absolute Gasteiger partial charge is 0.157 e. The number of H-pyrrole nitrogens is 1. The van der Waals surface area contributed by atoms with E-state index >= 15 is 0 Å². The summed E-state index contributed by atoms with van der Waals surface area (Å²) in [5.74, 6) is 0. The summed E-state index contributed by atoms with van der Waals surface area (Å²) in [5, 5.41) is 0. The van der Waals surface area contributed by atoms with Gasteiger partial charge in [0.15, 0.2) is 4.64 Å². The molecule has 0 aliphatic rings. The summed E-state index contributed by atoms with van der Waals surface area (Å²) < 4.78 is 2.44. The molecule has 0 aromatic carbocycles. The summed E-state index contributed by atoms with van der Waals surface area (Å²) in [6.45, 7) is 1.31. The molecule has 0 bridgehead atoms. The van der Waals surface area contributed by atoms with Gasteiger partial charge in [-0.2, -0.15) is 0 Å². The number of aromatic nitrogens is 4. The number of nitrogens with one attached hydrogen (secondary N) is 1. The van der Waals surface area contributed by atoms with E-state index in [1.54, 1.807) is 12.7 Å². The minimum atomic E-state index is 0. The van der Waals surface area contributed by atoms with E-state index in [4.69, 9.17) is 18.0 Å². The zero-order chi connectivity index (χ0) is 9.26. The summed E-state index contributed by atoms with van der Waals surface area (Å²) in [5.41, 5.74) is 7.05. The Balaban J connectivity index is 0.000000980. The van der Waals surface area contributed by atoms with Gasteiger partial charge in [0, 0.05) is 13.1 Å². The molecule has 0 amide bonds. The van der Waals surface area contributed by atoms with Gasteiger partial charge in [0.2, 0.25) is 0 Å². The molecular formula is C7H10ClN5S. The van der Waals surface area contributed by atoms with Gasteiger partial charge >= 0.3 is 0 Å². The summed E-state index contributed by atoms with van der Waals surface area (Å²) in [7, 11) is 0. The molecule has 0 atom stereocenters. The molecule has 5 nitrogen and oxygen atoms in total. The first-order valence-corrected chi connectivity index (χ1v) is 4.32. The molecule has 0 unspecified atom stereocenters. The quantitative estimate of drug-likeness (QED) is 0.753. The number of aromatic amines is 1. The third-order valence-electron chi connectivity index (χ3n) is 1.79. The predicted molar refractivity (Wildman–Crippen MR) is 59.0 cm³/mol. The highest BCUT2D eigenvalue weighted by Crippen LogP contribution is 2.08. The van der Waals surface area contributed by atoms with Crippen molar-refractivity contribution in [3.05, 3.63) is 17.3 Å². The van der Waals surface area contributed by atoms with Crippen molar-refractivity contribution in [2.45, 2.75) is 6.54 Å². The Morgan fingerprint density at radius 2 is 2.29 bits per heavy atom. The van der Waals surface area contributed by atoms with Gasteiger partial charge in [-0.1, -0.05) is 12.2 Å². The van der Waals surface area contributed by atoms with Gasteiger partial charge in [-0.15, -0.1) is 12.4 Å². The first-order chi connectivity index (χ1) is 6.33. The molecule has 76 valence electrons. The normalized spacial score (nSPS) is 10.1. The Morgan fingerprint density at radius 3 is 3.00 bits per heavy atom. The number of nitrogens with two attached hydrogens (primary N) is 1. The fraction of sp³-hybridized carbons (Fsp3) is 0.286. The predicted octanol–water partition coefficient (Wildman–Crippen LogP) is 0.869. The van der Waals surface area contributed by atoms with Crippen molar-refractivity contribution in [2.75, 3.05) is 6.54 Å². The molecule has 2 heterocycles. The van der Waals surface area contributed by atoms with Gasteiger partial charge in [-0.05, 0) is 0 Å². The minimum Gasteiger partial charge on any atom is -0.331 e. The number of hydrogen-bond donors (Lipinski definition) is 2. The van der Waals surface area contributed by atoms with Crippen LogP contribution in [0.25, 0.3) is 11.2 Å². The van der Waals surface area contributed by atoms with E-state index in [-0.39, 0.29) is 12.4 Å². The molecule has 0 fully saturated rings. The standard InChI is InChI=1S/C7H9N5S.ClH/c8-1-2-12-4-11-5-6(12)9-3-10-7(5)13;/h3-4H,1-2,8H2,(H,9,10,13);1H. The van der Waals surface area contributed by atoms with Crippen LogP contribution in [0.3, 0.4) is 0 Å². The van der Waals surface area contributed by atoms with Crippen LogP contribution in [0.1, 0.15) is 0 Å². The van der Waals surface area contributed by atoms with Crippen LogP contribution in [0.2, 0.25) is 0 Å². The second-order valence-electron chi connectivity index (χ2n) is 2.63. The third-order valence-corrected chi connectivity index (χ3v) is 2.09. The Labute approximate surface area is 91.8 Å². The van der Waals surface area contributed by atoms with E-state index in [9.17, 15) is 0 Å². The molecular weight excluding hydrogens is 222 g/mol. The van der Waals surface area contributed by atoms with Crippen LogP contribution >= 0.6 is 24.6 Å². The lowest BCUT2D eigenvalue weighted by Gasteiger charge is -1.99. The molecule has 7 heteroatoms. The molecule has 0 saturated heterocycles. The number of nitrogens with zero attached hydrogens (tertiary/aromatic N) is 3. The SMILES string of the molecule is Cl.NCCn1cnc2c(=S)nc[nH]c21. The minimum absolute atomic E-state index is 0. The number of fused-ring (bicyclic) bond motifs is 1. The van der Waals surface area contributed by atoms with Crippen molar-refractivity contribution < 1.29 is 0 Å². The maximum atomic E-state index is 5.44.